The lowest BCUT2D eigenvalue weighted by molar-refractivity contribution is -0.136. The molecule has 114 valence electrons. The predicted octanol–water partition coefficient (Wildman–Crippen LogP) is 4.70. The quantitative estimate of drug-likeness (QED) is 0.688. The molecule has 0 fully saturated rings. The zero-order valence-corrected chi connectivity index (χ0v) is 13.5. The van der Waals surface area contributed by atoms with E-state index in [1.807, 2.05) is 24.3 Å². The molecular formula is C18H16Cl2O2. The number of hydrogen-bond acceptors (Lipinski definition) is 2. The Hall–Kier alpha value is -1.64. The van der Waals surface area contributed by atoms with E-state index >= 15 is 0 Å². The highest BCUT2D eigenvalue weighted by atomic mass is 35.5. The molecule has 0 aliphatic rings. The number of rotatable bonds is 7. The highest BCUT2D eigenvalue weighted by Gasteiger charge is 2.15. The van der Waals surface area contributed by atoms with Crippen molar-refractivity contribution in [3.8, 4) is 0 Å². The van der Waals surface area contributed by atoms with Gasteiger partial charge in [-0.05, 0) is 36.1 Å². The molecule has 0 aromatic heterocycles. The van der Waals surface area contributed by atoms with Crippen molar-refractivity contribution >= 4 is 34.8 Å². The van der Waals surface area contributed by atoms with Crippen LogP contribution in [0.25, 0.3) is 0 Å². The number of benzene rings is 2. The summed E-state index contributed by atoms with van der Waals surface area (Å²) in [5, 5.41) is 1.21. The highest BCUT2D eigenvalue weighted by molar-refractivity contribution is 6.38. The molecule has 2 aromatic rings. The number of carbonyl (C=O) groups is 2. The second-order valence-corrected chi connectivity index (χ2v) is 5.87. The van der Waals surface area contributed by atoms with Gasteiger partial charge in [-0.2, -0.15) is 0 Å². The Balaban J connectivity index is 1.83. The molecule has 0 atom stereocenters. The van der Waals surface area contributed by atoms with Gasteiger partial charge in [0.1, 0.15) is 0 Å². The van der Waals surface area contributed by atoms with E-state index in [1.165, 1.54) is 0 Å². The maximum atomic E-state index is 11.9. The van der Waals surface area contributed by atoms with Crippen molar-refractivity contribution in [2.75, 3.05) is 0 Å². The first-order chi connectivity index (χ1) is 10.6. The minimum Gasteiger partial charge on any atom is -0.291 e. The summed E-state index contributed by atoms with van der Waals surface area (Å²) in [7, 11) is 0. The Morgan fingerprint density at radius 3 is 1.91 bits per heavy atom. The summed E-state index contributed by atoms with van der Waals surface area (Å²) in [5.41, 5.74) is 1.68. The van der Waals surface area contributed by atoms with Gasteiger partial charge >= 0.3 is 0 Å². The number of Topliss-reactive ketones (excluding diaryl/α,β-unsaturated/α-hetero) is 2. The summed E-state index contributed by atoms with van der Waals surface area (Å²) in [5.74, 6) is -0.751. The molecule has 0 saturated heterocycles. The van der Waals surface area contributed by atoms with Crippen LogP contribution in [0.1, 0.15) is 24.0 Å². The van der Waals surface area contributed by atoms with Crippen molar-refractivity contribution in [2.24, 2.45) is 0 Å². The van der Waals surface area contributed by atoms with E-state index in [1.54, 1.807) is 24.3 Å². The van der Waals surface area contributed by atoms with Gasteiger partial charge in [0, 0.05) is 22.9 Å². The van der Waals surface area contributed by atoms with Gasteiger partial charge in [0.25, 0.3) is 0 Å². The molecule has 0 radical (unpaired) electrons. The monoisotopic (exact) mass is 334 g/mol. The van der Waals surface area contributed by atoms with Gasteiger partial charge in [-0.25, -0.2) is 0 Å². The fraction of sp³-hybridized carbons (Fsp3) is 0.222. The summed E-state index contributed by atoms with van der Waals surface area (Å²) < 4.78 is 0. The van der Waals surface area contributed by atoms with Crippen LogP contribution in [-0.2, 0) is 22.4 Å². The first-order valence-electron chi connectivity index (χ1n) is 7.11. The van der Waals surface area contributed by atoms with E-state index in [0.29, 0.717) is 28.5 Å². The van der Waals surface area contributed by atoms with Crippen molar-refractivity contribution < 1.29 is 9.59 Å². The maximum absolute atomic E-state index is 11.9. The molecule has 0 amide bonds. The minimum atomic E-state index is -0.396. The number of ketones is 2. The predicted molar refractivity (Wildman–Crippen MR) is 89.6 cm³/mol. The molecule has 22 heavy (non-hydrogen) atoms. The lowest BCUT2D eigenvalue weighted by atomic mass is 10.0. The SMILES string of the molecule is O=C(CCCc1ccccc1Cl)C(=O)Cc1ccccc1Cl. The Kier molecular flexibility index (Phi) is 6.17. The Labute approximate surface area is 140 Å². The van der Waals surface area contributed by atoms with E-state index in [9.17, 15) is 9.59 Å². The molecule has 2 rings (SSSR count). The molecule has 2 nitrogen and oxygen atoms in total. The molecule has 0 bridgehead atoms. The summed E-state index contributed by atoms with van der Waals surface area (Å²) in [6, 6.07) is 14.6. The van der Waals surface area contributed by atoms with Crippen LogP contribution >= 0.6 is 23.2 Å². The summed E-state index contributed by atoms with van der Waals surface area (Å²) in [6.45, 7) is 0. The first-order valence-corrected chi connectivity index (χ1v) is 7.86. The van der Waals surface area contributed by atoms with Gasteiger partial charge in [0.2, 0.25) is 5.78 Å². The van der Waals surface area contributed by atoms with Crippen LogP contribution in [0.2, 0.25) is 10.0 Å². The van der Waals surface area contributed by atoms with Gasteiger partial charge in [-0.1, -0.05) is 59.6 Å². The topological polar surface area (TPSA) is 34.1 Å². The third-order valence-corrected chi connectivity index (χ3v) is 4.17. The lowest BCUT2D eigenvalue weighted by Crippen LogP contribution is -2.16. The van der Waals surface area contributed by atoms with E-state index in [4.69, 9.17) is 23.2 Å². The summed E-state index contributed by atoms with van der Waals surface area (Å²) in [4.78, 5) is 23.8. The Bertz CT molecular complexity index is 680. The van der Waals surface area contributed by atoms with Gasteiger partial charge in [-0.3, -0.25) is 9.59 Å². The normalized spacial score (nSPS) is 10.5. The third-order valence-electron chi connectivity index (χ3n) is 3.43. The molecule has 0 aliphatic carbocycles. The van der Waals surface area contributed by atoms with Crippen LogP contribution in [0.3, 0.4) is 0 Å². The van der Waals surface area contributed by atoms with Crippen LogP contribution in [-0.4, -0.2) is 11.6 Å². The molecule has 0 N–H and O–H groups in total. The van der Waals surface area contributed by atoms with Crippen LogP contribution < -0.4 is 0 Å². The zero-order valence-electron chi connectivity index (χ0n) is 12.0. The van der Waals surface area contributed by atoms with Gasteiger partial charge in [0.15, 0.2) is 5.78 Å². The molecule has 0 saturated carbocycles. The number of hydrogen-bond donors (Lipinski definition) is 0. The lowest BCUT2D eigenvalue weighted by Gasteiger charge is -2.05. The molecule has 0 unspecified atom stereocenters. The summed E-state index contributed by atoms with van der Waals surface area (Å²) >= 11 is 12.1. The van der Waals surface area contributed by atoms with Crippen LogP contribution in [0.4, 0.5) is 0 Å². The van der Waals surface area contributed by atoms with E-state index in [2.05, 4.69) is 0 Å². The minimum absolute atomic E-state index is 0.0601. The number of carbonyl (C=O) groups excluding carboxylic acids is 2. The molecule has 2 aromatic carbocycles. The van der Waals surface area contributed by atoms with Gasteiger partial charge < -0.3 is 0 Å². The highest BCUT2D eigenvalue weighted by Crippen LogP contribution is 2.18. The van der Waals surface area contributed by atoms with E-state index < -0.39 is 5.78 Å². The standard InChI is InChI=1S/C18H16Cl2O2/c19-15-9-3-1-6-13(15)8-5-11-17(21)18(22)12-14-7-2-4-10-16(14)20/h1-4,6-7,9-10H,5,8,11-12H2. The van der Waals surface area contributed by atoms with Crippen molar-refractivity contribution in [3.63, 3.8) is 0 Å². The molecular weight excluding hydrogens is 319 g/mol. The maximum Gasteiger partial charge on any atom is 0.202 e. The zero-order chi connectivity index (χ0) is 15.9. The van der Waals surface area contributed by atoms with Crippen LogP contribution in [0.5, 0.6) is 0 Å². The molecule has 4 heteroatoms. The number of halogens is 2. The Morgan fingerprint density at radius 2 is 1.32 bits per heavy atom. The van der Waals surface area contributed by atoms with Crippen LogP contribution in [0, 0.1) is 0 Å². The second kappa shape index (κ2) is 8.11. The van der Waals surface area contributed by atoms with Gasteiger partial charge in [-0.15, -0.1) is 0 Å². The average molecular weight is 335 g/mol. The van der Waals surface area contributed by atoms with Crippen molar-refractivity contribution in [3.05, 3.63) is 69.7 Å². The molecule has 0 spiro atoms. The van der Waals surface area contributed by atoms with Crippen molar-refractivity contribution in [1.82, 2.24) is 0 Å². The second-order valence-electron chi connectivity index (χ2n) is 5.06. The largest absolute Gasteiger partial charge is 0.291 e. The first kappa shape index (κ1) is 16.7. The van der Waals surface area contributed by atoms with Crippen molar-refractivity contribution in [2.45, 2.75) is 25.7 Å². The summed E-state index contributed by atoms with van der Waals surface area (Å²) in [6.07, 6.45) is 1.58. The van der Waals surface area contributed by atoms with Gasteiger partial charge in [0.05, 0.1) is 0 Å². The average Bonchev–Trinajstić information content (AvgIpc) is 2.51. The van der Waals surface area contributed by atoms with Crippen LogP contribution in [0.15, 0.2) is 48.5 Å². The fourth-order valence-electron chi connectivity index (χ4n) is 2.19. The smallest absolute Gasteiger partial charge is 0.202 e. The van der Waals surface area contributed by atoms with Crippen molar-refractivity contribution in [1.29, 1.82) is 0 Å². The molecule has 0 aliphatic heterocycles. The van der Waals surface area contributed by atoms with E-state index in [0.717, 1.165) is 5.56 Å². The Morgan fingerprint density at radius 1 is 0.773 bits per heavy atom. The van der Waals surface area contributed by atoms with E-state index in [-0.39, 0.29) is 18.6 Å². The fourth-order valence-corrected chi connectivity index (χ4v) is 2.63. The third kappa shape index (κ3) is 4.69. The number of aryl methyl sites for hydroxylation is 1. The molecule has 0 heterocycles.